The van der Waals surface area contributed by atoms with E-state index < -0.39 is 0 Å². The summed E-state index contributed by atoms with van der Waals surface area (Å²) in [5, 5.41) is 3.28. The van der Waals surface area contributed by atoms with Crippen molar-refractivity contribution in [2.24, 2.45) is 0 Å². The van der Waals surface area contributed by atoms with Crippen LogP contribution in [0.4, 0.5) is 4.39 Å². The molecule has 1 aliphatic rings. The van der Waals surface area contributed by atoms with Crippen molar-refractivity contribution >= 4 is 0 Å². The van der Waals surface area contributed by atoms with Crippen LogP contribution < -0.4 is 5.32 Å². The fraction of sp³-hybridized carbons (Fsp3) is 0.625. The van der Waals surface area contributed by atoms with Gasteiger partial charge < -0.3 is 10.1 Å². The Morgan fingerprint density at radius 2 is 2.30 bits per heavy atom. The van der Waals surface area contributed by atoms with E-state index in [-0.39, 0.29) is 18.0 Å². The third-order valence-electron chi connectivity index (χ3n) is 3.96. The van der Waals surface area contributed by atoms with Gasteiger partial charge >= 0.3 is 0 Å². The summed E-state index contributed by atoms with van der Waals surface area (Å²) in [6.45, 7) is 7.70. The molecule has 1 N–H and O–H groups in total. The Morgan fingerprint density at radius 1 is 1.50 bits per heavy atom. The second-order valence-corrected chi connectivity index (χ2v) is 5.48. The Hall–Kier alpha value is -0.970. The van der Waals surface area contributed by atoms with Gasteiger partial charge in [0.05, 0.1) is 18.8 Å². The normalized spacial score (nSPS) is 21.9. The molecule has 0 aromatic heterocycles. The molecule has 0 aliphatic carbocycles. The molecule has 1 heterocycles. The number of likely N-dealkylation sites (N-methyl/N-ethyl adjacent to an activating group) is 1. The second-order valence-electron chi connectivity index (χ2n) is 5.48. The van der Waals surface area contributed by atoms with Gasteiger partial charge in [-0.05, 0) is 44.1 Å². The third kappa shape index (κ3) is 3.57. The van der Waals surface area contributed by atoms with Crippen molar-refractivity contribution in [2.45, 2.75) is 32.4 Å². The minimum atomic E-state index is -0.149. The minimum Gasteiger partial charge on any atom is -0.374 e. The monoisotopic (exact) mass is 280 g/mol. The highest BCUT2D eigenvalue weighted by Gasteiger charge is 2.28. The van der Waals surface area contributed by atoms with Crippen molar-refractivity contribution < 1.29 is 9.13 Å². The average Bonchev–Trinajstić information content (AvgIpc) is 2.44. The van der Waals surface area contributed by atoms with Crippen LogP contribution in [0.3, 0.4) is 0 Å². The number of benzene rings is 1. The van der Waals surface area contributed by atoms with Crippen LogP contribution in [0.15, 0.2) is 18.2 Å². The van der Waals surface area contributed by atoms with Crippen molar-refractivity contribution in [3.05, 3.63) is 35.1 Å². The Kier molecular flexibility index (Phi) is 5.52. The smallest absolute Gasteiger partial charge is 0.126 e. The zero-order valence-corrected chi connectivity index (χ0v) is 12.7. The molecule has 2 atom stereocenters. The van der Waals surface area contributed by atoms with Gasteiger partial charge in [0, 0.05) is 13.1 Å². The van der Waals surface area contributed by atoms with Gasteiger partial charge in [-0.2, -0.15) is 0 Å². The number of morpholine rings is 1. The predicted octanol–water partition coefficient (Wildman–Crippen LogP) is 2.51. The molecule has 1 fully saturated rings. The summed E-state index contributed by atoms with van der Waals surface area (Å²) in [6, 6.07) is 5.48. The van der Waals surface area contributed by atoms with Crippen LogP contribution in [0.1, 0.15) is 30.5 Å². The summed E-state index contributed by atoms with van der Waals surface area (Å²) in [7, 11) is 1.91. The van der Waals surface area contributed by atoms with Gasteiger partial charge in [0.25, 0.3) is 0 Å². The van der Waals surface area contributed by atoms with Crippen LogP contribution in [0, 0.1) is 12.7 Å². The zero-order chi connectivity index (χ0) is 14.5. The molecule has 2 unspecified atom stereocenters. The second kappa shape index (κ2) is 7.16. The first-order valence-corrected chi connectivity index (χ1v) is 7.43. The first-order valence-electron chi connectivity index (χ1n) is 7.43. The van der Waals surface area contributed by atoms with E-state index in [2.05, 4.69) is 17.1 Å². The van der Waals surface area contributed by atoms with Crippen LogP contribution in [0.25, 0.3) is 0 Å². The van der Waals surface area contributed by atoms with Crippen LogP contribution in [0.5, 0.6) is 0 Å². The van der Waals surface area contributed by atoms with Gasteiger partial charge in [-0.1, -0.05) is 19.1 Å². The number of ether oxygens (including phenoxy) is 1. The molecule has 20 heavy (non-hydrogen) atoms. The molecule has 112 valence electrons. The van der Waals surface area contributed by atoms with Crippen LogP contribution >= 0.6 is 0 Å². The summed E-state index contributed by atoms with van der Waals surface area (Å²) in [6.07, 6.45) is 1.22. The highest BCUT2D eigenvalue weighted by atomic mass is 19.1. The van der Waals surface area contributed by atoms with E-state index in [4.69, 9.17) is 4.74 Å². The Morgan fingerprint density at radius 3 is 2.95 bits per heavy atom. The van der Waals surface area contributed by atoms with Crippen LogP contribution in [-0.4, -0.2) is 44.3 Å². The van der Waals surface area contributed by atoms with Gasteiger partial charge in [0.15, 0.2) is 0 Å². The van der Waals surface area contributed by atoms with Crippen molar-refractivity contribution in [3.8, 4) is 0 Å². The SMILES string of the molecule is CCCN1CCOC(C(NC)c2ccc(C)c(F)c2)C1. The molecule has 0 bridgehead atoms. The molecule has 1 aliphatic heterocycles. The van der Waals surface area contributed by atoms with E-state index >= 15 is 0 Å². The molecule has 4 heteroatoms. The van der Waals surface area contributed by atoms with E-state index in [0.29, 0.717) is 5.56 Å². The summed E-state index contributed by atoms with van der Waals surface area (Å²) in [4.78, 5) is 2.42. The summed E-state index contributed by atoms with van der Waals surface area (Å²) < 4.78 is 19.7. The summed E-state index contributed by atoms with van der Waals surface area (Å²) in [5.41, 5.74) is 1.64. The topological polar surface area (TPSA) is 24.5 Å². The lowest BCUT2D eigenvalue weighted by Gasteiger charge is -2.37. The predicted molar refractivity (Wildman–Crippen MR) is 79.4 cm³/mol. The molecule has 0 saturated carbocycles. The van der Waals surface area contributed by atoms with Crippen molar-refractivity contribution in [1.82, 2.24) is 10.2 Å². The Labute approximate surface area is 121 Å². The zero-order valence-electron chi connectivity index (χ0n) is 12.7. The number of rotatable bonds is 5. The molecular formula is C16H25FN2O. The lowest BCUT2D eigenvalue weighted by Crippen LogP contribution is -2.47. The van der Waals surface area contributed by atoms with Crippen molar-refractivity contribution in [1.29, 1.82) is 0 Å². The summed E-state index contributed by atoms with van der Waals surface area (Å²) >= 11 is 0. The van der Waals surface area contributed by atoms with Gasteiger partial charge in [-0.3, -0.25) is 4.90 Å². The molecular weight excluding hydrogens is 255 g/mol. The molecule has 3 nitrogen and oxygen atoms in total. The quantitative estimate of drug-likeness (QED) is 0.897. The van der Waals surface area contributed by atoms with E-state index in [9.17, 15) is 4.39 Å². The largest absolute Gasteiger partial charge is 0.374 e. The number of halogens is 1. The number of aryl methyl sites for hydroxylation is 1. The maximum atomic E-state index is 13.8. The molecule has 1 aromatic carbocycles. The highest BCUT2D eigenvalue weighted by Crippen LogP contribution is 2.24. The van der Waals surface area contributed by atoms with E-state index in [1.54, 1.807) is 13.0 Å². The molecule has 2 rings (SSSR count). The lowest BCUT2D eigenvalue weighted by atomic mass is 9.98. The Balaban J connectivity index is 2.12. The maximum absolute atomic E-state index is 13.8. The molecule has 0 amide bonds. The van der Waals surface area contributed by atoms with E-state index in [1.807, 2.05) is 19.2 Å². The van der Waals surface area contributed by atoms with Gasteiger partial charge in [0.1, 0.15) is 5.82 Å². The van der Waals surface area contributed by atoms with E-state index in [1.165, 1.54) is 0 Å². The van der Waals surface area contributed by atoms with Crippen LogP contribution in [-0.2, 0) is 4.74 Å². The highest BCUT2D eigenvalue weighted by molar-refractivity contribution is 5.26. The molecule has 0 radical (unpaired) electrons. The van der Waals surface area contributed by atoms with Crippen LogP contribution in [0.2, 0.25) is 0 Å². The maximum Gasteiger partial charge on any atom is 0.126 e. The lowest BCUT2D eigenvalue weighted by molar-refractivity contribution is -0.0459. The third-order valence-corrected chi connectivity index (χ3v) is 3.96. The summed E-state index contributed by atoms with van der Waals surface area (Å²) in [5.74, 6) is -0.149. The average molecular weight is 280 g/mol. The molecule has 0 spiro atoms. The van der Waals surface area contributed by atoms with Crippen molar-refractivity contribution in [3.63, 3.8) is 0 Å². The standard InChI is InChI=1S/C16H25FN2O/c1-4-7-19-8-9-20-15(11-19)16(18-3)13-6-5-12(2)14(17)10-13/h5-6,10,15-16,18H,4,7-9,11H2,1-3H3. The molecule has 1 aromatic rings. The number of nitrogens with one attached hydrogen (secondary N) is 1. The fourth-order valence-electron chi connectivity index (χ4n) is 2.82. The fourth-order valence-corrected chi connectivity index (χ4v) is 2.82. The first-order chi connectivity index (χ1) is 9.65. The first kappa shape index (κ1) is 15.4. The van der Waals surface area contributed by atoms with Gasteiger partial charge in [-0.25, -0.2) is 4.39 Å². The number of hydrogen-bond acceptors (Lipinski definition) is 3. The molecule has 1 saturated heterocycles. The van der Waals surface area contributed by atoms with E-state index in [0.717, 1.165) is 38.2 Å². The van der Waals surface area contributed by atoms with Crippen molar-refractivity contribution in [2.75, 3.05) is 33.3 Å². The van der Waals surface area contributed by atoms with Gasteiger partial charge in [-0.15, -0.1) is 0 Å². The minimum absolute atomic E-state index is 0.0322. The Bertz CT molecular complexity index is 436. The number of hydrogen-bond donors (Lipinski definition) is 1. The van der Waals surface area contributed by atoms with Gasteiger partial charge in [0.2, 0.25) is 0 Å². The number of nitrogens with zero attached hydrogens (tertiary/aromatic N) is 1.